The van der Waals surface area contributed by atoms with Crippen molar-refractivity contribution in [1.82, 2.24) is 19.5 Å². The van der Waals surface area contributed by atoms with E-state index in [9.17, 15) is 0 Å². The number of hydrogen-bond acceptors (Lipinski definition) is 3. The molecule has 14 rings (SSSR count). The number of fused-ring (bicyclic) bond motifs is 3. The predicted octanol–water partition coefficient (Wildman–Crippen LogP) is 12.0. The minimum absolute atomic E-state index is 0.624. The van der Waals surface area contributed by atoms with Crippen molar-refractivity contribution in [3.05, 3.63) is 340 Å². The molecule has 2 heterocycles. The van der Waals surface area contributed by atoms with E-state index in [0.717, 1.165) is 22.4 Å². The Bertz CT molecular complexity index is 4260. The minimum atomic E-state index is -3.80. The molecule has 0 radical (unpaired) electrons. The molecule has 0 fully saturated rings. The number of benzene rings is 12. The van der Waals surface area contributed by atoms with Crippen molar-refractivity contribution >= 4 is 85.6 Å². The lowest BCUT2D eigenvalue weighted by Gasteiger charge is -2.59. The van der Waals surface area contributed by atoms with Crippen LogP contribution in [0.3, 0.4) is 0 Å². The third-order valence-electron chi connectivity index (χ3n) is 16.7. The molecule has 14 aromatic rings. The quantitative estimate of drug-likeness (QED) is 0.0805. The summed E-state index contributed by atoms with van der Waals surface area (Å²) in [5.74, 6) is 1.88. The molecule has 0 aliphatic carbocycles. The van der Waals surface area contributed by atoms with Gasteiger partial charge in [-0.05, 0) is 29.5 Å². The molecule has 2 aromatic heterocycles. The maximum atomic E-state index is 5.43. The van der Waals surface area contributed by atoms with Gasteiger partial charge in [-0.1, -0.05) is 352 Å². The fourth-order valence-electron chi connectivity index (χ4n) is 13.7. The molecule has 0 spiro atoms. The number of hydrogen-bond donors (Lipinski definition) is 0. The van der Waals surface area contributed by atoms with Gasteiger partial charge in [0.2, 0.25) is 0 Å². The van der Waals surface area contributed by atoms with E-state index in [4.69, 9.17) is 15.0 Å². The van der Waals surface area contributed by atoms with Crippen molar-refractivity contribution in [3.8, 4) is 39.9 Å². The van der Waals surface area contributed by atoms with E-state index in [1.165, 1.54) is 63.3 Å². The van der Waals surface area contributed by atoms with Gasteiger partial charge in [-0.25, -0.2) is 15.0 Å². The zero-order chi connectivity index (χ0) is 54.8. The highest BCUT2D eigenvalue weighted by Gasteiger charge is 2.72. The van der Waals surface area contributed by atoms with Gasteiger partial charge in [0, 0.05) is 33.2 Å². The van der Waals surface area contributed by atoms with Gasteiger partial charge < -0.3 is 4.57 Å². The lowest BCUT2D eigenvalue weighted by Crippen LogP contribution is -3.04. The van der Waals surface area contributed by atoms with E-state index >= 15 is 0 Å². The standard InChI is InChI=1S/C75H56N4Si3/c1-9-31-57(32-10-1)73-76-74(58-33-11-2-12-34-58)78-75(77-73)59-35-29-49-67(55-59)80(61-37-13-3-14-38-61,62-39-15-4-16-40-62)82(65-45-21-7-22-46-65,66-47-23-8-24-48-66)81(63-41-17-5-18-42-63,64-43-19-6-20-44-64)68-50-30-36-60(56-68)79-71-53-27-25-51-69(71)70-52-26-28-54-72(70)79/h1-56H. The fraction of sp³-hybridized carbons (Fsp3) is 0. The van der Waals surface area contributed by atoms with Gasteiger partial charge in [-0.2, -0.15) is 0 Å². The number of para-hydroxylation sites is 2. The number of rotatable bonds is 14. The normalized spacial score (nSPS) is 11.9. The first-order chi connectivity index (χ1) is 40.7. The van der Waals surface area contributed by atoms with E-state index < -0.39 is 22.3 Å². The molecule has 0 atom stereocenters. The monoisotopic (exact) mass is 1100 g/mol. The van der Waals surface area contributed by atoms with Crippen LogP contribution in [0, 0.1) is 0 Å². The van der Waals surface area contributed by atoms with E-state index in [-0.39, 0.29) is 0 Å². The number of aromatic nitrogens is 4. The van der Waals surface area contributed by atoms with E-state index in [2.05, 4.69) is 308 Å². The maximum absolute atomic E-state index is 5.43. The van der Waals surface area contributed by atoms with Crippen LogP contribution in [0.4, 0.5) is 0 Å². The number of nitrogens with zero attached hydrogens (tertiary/aromatic N) is 4. The van der Waals surface area contributed by atoms with E-state index in [0.29, 0.717) is 17.5 Å². The fourth-order valence-corrected chi connectivity index (χ4v) is 58.9. The Labute approximate surface area is 481 Å². The SMILES string of the molecule is c1ccc(-c2nc(-c3ccccc3)nc(-c3cccc([Si](c4ccccc4)(c4ccccc4)[Si](c4ccccc4)(c4ccccc4)[Si](c4ccccc4)(c4ccccc4)c4cccc(-n5c6ccccc6c6ccccc65)c4)c3)n2)cc1. The molecule has 0 saturated carbocycles. The summed E-state index contributed by atoms with van der Waals surface area (Å²) < 4.78 is 2.50. The Hall–Kier alpha value is -9.90. The molecule has 82 heavy (non-hydrogen) atoms. The van der Waals surface area contributed by atoms with Gasteiger partial charge in [0.05, 0.1) is 11.0 Å². The predicted molar refractivity (Wildman–Crippen MR) is 350 cm³/mol. The Morgan fingerprint density at radius 1 is 0.220 bits per heavy atom. The van der Waals surface area contributed by atoms with Gasteiger partial charge in [0.15, 0.2) is 17.5 Å². The third kappa shape index (κ3) is 8.20. The molecule has 388 valence electrons. The summed E-state index contributed by atoms with van der Waals surface area (Å²) in [6.45, 7) is 0. The average molecular weight is 1100 g/mol. The van der Waals surface area contributed by atoms with Crippen LogP contribution in [-0.4, -0.2) is 41.8 Å². The van der Waals surface area contributed by atoms with Gasteiger partial charge in [-0.3, -0.25) is 0 Å². The molecule has 0 unspecified atom stereocenters. The molecule has 0 bridgehead atoms. The van der Waals surface area contributed by atoms with E-state index in [1.807, 2.05) is 36.4 Å². The molecule has 0 aliphatic rings. The highest BCUT2D eigenvalue weighted by molar-refractivity contribution is 7.89. The van der Waals surface area contributed by atoms with Crippen molar-refractivity contribution in [2.24, 2.45) is 0 Å². The van der Waals surface area contributed by atoms with Crippen LogP contribution in [0.1, 0.15) is 0 Å². The molecular formula is C75H56N4Si3. The van der Waals surface area contributed by atoms with Crippen LogP contribution in [-0.2, 0) is 0 Å². The zero-order valence-corrected chi connectivity index (χ0v) is 48.1. The second-order valence-electron chi connectivity index (χ2n) is 21.0. The summed E-state index contributed by atoms with van der Waals surface area (Å²) in [5, 5.41) is 13.3. The molecule has 0 amide bonds. The zero-order valence-electron chi connectivity index (χ0n) is 45.1. The van der Waals surface area contributed by atoms with Crippen molar-refractivity contribution in [3.63, 3.8) is 0 Å². The molecule has 0 saturated heterocycles. The van der Waals surface area contributed by atoms with Crippen LogP contribution in [0.2, 0.25) is 0 Å². The highest BCUT2D eigenvalue weighted by Crippen LogP contribution is 2.36. The largest absolute Gasteiger partial charge is 0.309 e. The second kappa shape index (κ2) is 21.6. The summed E-state index contributed by atoms with van der Waals surface area (Å²) >= 11 is 0. The summed E-state index contributed by atoms with van der Waals surface area (Å²) in [7, 11) is -11.2. The second-order valence-corrected chi connectivity index (χ2v) is 40.6. The van der Waals surface area contributed by atoms with Gasteiger partial charge >= 0.3 is 0 Å². The summed E-state index contributed by atoms with van der Waals surface area (Å²) in [6, 6.07) is 128. The lowest BCUT2D eigenvalue weighted by molar-refractivity contribution is 1.07. The Kier molecular flexibility index (Phi) is 13.3. The van der Waals surface area contributed by atoms with Gasteiger partial charge in [0.25, 0.3) is 0 Å². The van der Waals surface area contributed by atoms with Gasteiger partial charge in [-0.15, -0.1) is 0 Å². The lowest BCUT2D eigenvalue weighted by atomic mass is 10.1. The molecule has 12 aromatic carbocycles. The first kappa shape index (κ1) is 50.3. The van der Waals surface area contributed by atoms with Crippen LogP contribution in [0.25, 0.3) is 61.7 Å². The van der Waals surface area contributed by atoms with Crippen LogP contribution in [0.5, 0.6) is 0 Å². The smallest absolute Gasteiger partial charge is 0.164 e. The average Bonchev–Trinajstić information content (AvgIpc) is 1.45. The molecule has 7 heteroatoms. The van der Waals surface area contributed by atoms with Crippen molar-refractivity contribution in [2.45, 2.75) is 0 Å². The summed E-state index contributed by atoms with van der Waals surface area (Å²) in [4.78, 5) is 16.0. The first-order valence-corrected chi connectivity index (χ1v) is 36.1. The third-order valence-corrected chi connectivity index (χ3v) is 50.7. The minimum Gasteiger partial charge on any atom is -0.309 e. The summed E-state index contributed by atoms with van der Waals surface area (Å²) in [5.41, 5.74) is 6.29. The maximum Gasteiger partial charge on any atom is 0.164 e. The topological polar surface area (TPSA) is 43.6 Å². The molecule has 4 nitrogen and oxygen atoms in total. The van der Waals surface area contributed by atoms with E-state index in [1.54, 1.807) is 0 Å². The van der Waals surface area contributed by atoms with Crippen LogP contribution < -0.4 is 41.5 Å². The Balaban J connectivity index is 1.20. The first-order valence-electron chi connectivity index (χ1n) is 28.1. The molecule has 0 N–H and O–H groups in total. The molecular weight excluding hydrogens is 1040 g/mol. The Morgan fingerprint density at radius 2 is 0.500 bits per heavy atom. The van der Waals surface area contributed by atoms with Crippen LogP contribution >= 0.6 is 0 Å². The Morgan fingerprint density at radius 3 is 0.890 bits per heavy atom. The van der Waals surface area contributed by atoms with Crippen molar-refractivity contribution in [1.29, 1.82) is 0 Å². The van der Waals surface area contributed by atoms with Crippen molar-refractivity contribution in [2.75, 3.05) is 0 Å². The van der Waals surface area contributed by atoms with Crippen molar-refractivity contribution < 1.29 is 0 Å². The summed E-state index contributed by atoms with van der Waals surface area (Å²) in [6.07, 6.45) is 0. The highest BCUT2D eigenvalue weighted by atomic mass is 29.6. The van der Waals surface area contributed by atoms with Gasteiger partial charge in [0.1, 0.15) is 22.3 Å². The van der Waals surface area contributed by atoms with Crippen LogP contribution in [0.15, 0.2) is 340 Å². The molecule has 0 aliphatic heterocycles.